The molecule has 0 radical (unpaired) electrons. The molecule has 1 heterocycles. The zero-order chi connectivity index (χ0) is 17.6. The van der Waals surface area contributed by atoms with Gasteiger partial charge in [0.1, 0.15) is 5.82 Å². The van der Waals surface area contributed by atoms with E-state index >= 15 is 0 Å². The summed E-state index contributed by atoms with van der Waals surface area (Å²) in [5, 5.41) is 5.04. The Bertz CT molecular complexity index is 814. The van der Waals surface area contributed by atoms with Crippen molar-refractivity contribution in [2.24, 2.45) is 0 Å². The number of thioether (sulfide) groups is 1. The summed E-state index contributed by atoms with van der Waals surface area (Å²) >= 11 is 3.08. The summed E-state index contributed by atoms with van der Waals surface area (Å²) in [7, 11) is 0. The molecule has 1 N–H and O–H groups in total. The summed E-state index contributed by atoms with van der Waals surface area (Å²) in [5.41, 5.74) is 2.07. The monoisotopic (exact) mass is 371 g/mol. The molecular weight excluding hydrogens is 353 g/mol. The van der Waals surface area contributed by atoms with Gasteiger partial charge in [-0.05, 0) is 48.2 Å². The molecule has 0 bridgehead atoms. The first-order valence-corrected chi connectivity index (χ1v) is 9.76. The average Bonchev–Trinajstić information content (AvgIpc) is 3.14. The van der Waals surface area contributed by atoms with Crippen molar-refractivity contribution >= 4 is 29.0 Å². The van der Waals surface area contributed by atoms with Gasteiger partial charge in [-0.25, -0.2) is 4.39 Å². The van der Waals surface area contributed by atoms with Gasteiger partial charge in [-0.1, -0.05) is 35.9 Å². The lowest BCUT2D eigenvalue weighted by Gasteiger charge is -2.18. The molecule has 0 aliphatic carbocycles. The van der Waals surface area contributed by atoms with Gasteiger partial charge in [0, 0.05) is 9.77 Å². The second-order valence-electron chi connectivity index (χ2n) is 5.67. The van der Waals surface area contributed by atoms with Crippen molar-refractivity contribution < 1.29 is 9.18 Å². The molecule has 0 aliphatic heterocycles. The van der Waals surface area contributed by atoms with Crippen LogP contribution in [0, 0.1) is 12.7 Å². The molecule has 2 aromatic carbocycles. The molecule has 3 aromatic rings. The van der Waals surface area contributed by atoms with E-state index in [2.05, 4.69) is 5.32 Å². The van der Waals surface area contributed by atoms with Gasteiger partial charge in [0.15, 0.2) is 0 Å². The quantitative estimate of drug-likeness (QED) is 0.604. The molecule has 128 valence electrons. The van der Waals surface area contributed by atoms with Gasteiger partial charge in [-0.2, -0.15) is 0 Å². The largest absolute Gasteiger partial charge is 0.344 e. The van der Waals surface area contributed by atoms with Gasteiger partial charge in [0.25, 0.3) is 0 Å². The van der Waals surface area contributed by atoms with Crippen LogP contribution in [0.3, 0.4) is 0 Å². The summed E-state index contributed by atoms with van der Waals surface area (Å²) in [5.74, 6) is 0.00908. The highest BCUT2D eigenvalue weighted by molar-refractivity contribution is 8.00. The fourth-order valence-electron chi connectivity index (χ4n) is 2.42. The number of carbonyl (C=O) groups is 1. The van der Waals surface area contributed by atoms with Crippen molar-refractivity contribution in [3.63, 3.8) is 0 Å². The molecule has 0 saturated carbocycles. The molecule has 3 rings (SSSR count). The van der Waals surface area contributed by atoms with Gasteiger partial charge >= 0.3 is 0 Å². The minimum Gasteiger partial charge on any atom is -0.344 e. The maximum absolute atomic E-state index is 13.2. The van der Waals surface area contributed by atoms with E-state index in [4.69, 9.17) is 0 Å². The number of aryl methyl sites for hydroxylation is 1. The average molecular weight is 372 g/mol. The van der Waals surface area contributed by atoms with Crippen molar-refractivity contribution in [2.45, 2.75) is 17.9 Å². The third-order valence-electron chi connectivity index (χ3n) is 3.73. The number of hydrogen-bond donors (Lipinski definition) is 1. The van der Waals surface area contributed by atoms with Crippen molar-refractivity contribution in [1.82, 2.24) is 5.32 Å². The Morgan fingerprint density at radius 1 is 1.12 bits per heavy atom. The summed E-state index contributed by atoms with van der Waals surface area (Å²) < 4.78 is 13.2. The van der Waals surface area contributed by atoms with Crippen LogP contribution >= 0.6 is 23.1 Å². The zero-order valence-electron chi connectivity index (χ0n) is 13.7. The lowest BCUT2D eigenvalue weighted by atomic mass is 10.1. The summed E-state index contributed by atoms with van der Waals surface area (Å²) in [6.07, 6.45) is 0. The number of benzene rings is 2. The van der Waals surface area contributed by atoms with Crippen LogP contribution in [0.2, 0.25) is 0 Å². The van der Waals surface area contributed by atoms with E-state index in [9.17, 15) is 9.18 Å². The van der Waals surface area contributed by atoms with Crippen LogP contribution in [0.5, 0.6) is 0 Å². The second kappa shape index (κ2) is 8.32. The van der Waals surface area contributed by atoms with E-state index in [1.54, 1.807) is 23.5 Å². The summed E-state index contributed by atoms with van der Waals surface area (Å²) in [6.45, 7) is 2.04. The van der Waals surface area contributed by atoms with Crippen LogP contribution in [-0.4, -0.2) is 11.7 Å². The molecule has 1 amide bonds. The number of rotatable bonds is 6. The third-order valence-corrected chi connectivity index (χ3v) is 5.68. The van der Waals surface area contributed by atoms with Gasteiger partial charge in [0.2, 0.25) is 5.91 Å². The van der Waals surface area contributed by atoms with E-state index in [0.29, 0.717) is 5.75 Å². The highest BCUT2D eigenvalue weighted by Gasteiger charge is 2.18. The Kier molecular flexibility index (Phi) is 5.89. The SMILES string of the molecule is Cc1ccc(SCC(=O)NC(c2ccc(F)cc2)c2cccs2)cc1. The van der Waals surface area contributed by atoms with Crippen LogP contribution in [0.25, 0.3) is 0 Å². The highest BCUT2D eigenvalue weighted by Crippen LogP contribution is 2.27. The van der Waals surface area contributed by atoms with Crippen LogP contribution in [-0.2, 0) is 4.79 Å². The van der Waals surface area contributed by atoms with Gasteiger partial charge in [-0.3, -0.25) is 4.79 Å². The predicted molar refractivity (Wildman–Crippen MR) is 103 cm³/mol. The minimum absolute atomic E-state index is 0.0479. The number of halogens is 1. The number of thiophene rings is 1. The first-order valence-electron chi connectivity index (χ1n) is 7.89. The first-order chi connectivity index (χ1) is 12.1. The fraction of sp³-hybridized carbons (Fsp3) is 0.150. The Morgan fingerprint density at radius 2 is 1.84 bits per heavy atom. The van der Waals surface area contributed by atoms with Crippen molar-refractivity contribution in [3.05, 3.63) is 87.9 Å². The smallest absolute Gasteiger partial charge is 0.231 e. The van der Waals surface area contributed by atoms with Gasteiger partial charge in [0.05, 0.1) is 11.8 Å². The standard InChI is InChI=1S/C20H18FNOS2/c1-14-4-10-17(11-5-14)25-13-19(23)22-20(18-3-2-12-24-18)15-6-8-16(21)9-7-15/h2-12,20H,13H2,1H3,(H,22,23). The normalized spacial score (nSPS) is 11.9. The molecule has 1 aromatic heterocycles. The lowest BCUT2D eigenvalue weighted by Crippen LogP contribution is -2.30. The second-order valence-corrected chi connectivity index (χ2v) is 7.70. The van der Waals surface area contributed by atoms with Crippen LogP contribution < -0.4 is 5.32 Å². The highest BCUT2D eigenvalue weighted by atomic mass is 32.2. The Balaban J connectivity index is 1.68. The third kappa shape index (κ3) is 4.94. The van der Waals surface area contributed by atoms with Crippen LogP contribution in [0.4, 0.5) is 4.39 Å². The molecule has 25 heavy (non-hydrogen) atoms. The zero-order valence-corrected chi connectivity index (χ0v) is 15.4. The van der Waals surface area contributed by atoms with E-state index < -0.39 is 0 Å². The Morgan fingerprint density at radius 3 is 2.48 bits per heavy atom. The molecule has 0 fully saturated rings. The fourth-order valence-corrected chi connectivity index (χ4v) is 3.93. The molecule has 2 nitrogen and oxygen atoms in total. The lowest BCUT2D eigenvalue weighted by molar-refractivity contribution is -0.119. The van der Waals surface area contributed by atoms with Crippen LogP contribution in [0.1, 0.15) is 22.0 Å². The maximum atomic E-state index is 13.2. The summed E-state index contributed by atoms with van der Waals surface area (Å²) in [6, 6.07) is 18.0. The molecule has 0 saturated heterocycles. The molecule has 0 aliphatic rings. The Hall–Kier alpha value is -2.11. The molecule has 5 heteroatoms. The first kappa shape index (κ1) is 17.7. The van der Waals surface area contributed by atoms with Gasteiger partial charge < -0.3 is 5.32 Å². The molecule has 1 unspecified atom stereocenters. The topological polar surface area (TPSA) is 29.1 Å². The molecular formula is C20H18FNOS2. The van der Waals surface area contributed by atoms with Crippen LogP contribution in [0.15, 0.2) is 70.9 Å². The van der Waals surface area contributed by atoms with E-state index in [1.165, 1.54) is 29.5 Å². The maximum Gasteiger partial charge on any atom is 0.231 e. The number of nitrogens with one attached hydrogen (secondary N) is 1. The van der Waals surface area contributed by atoms with E-state index in [1.807, 2.05) is 48.7 Å². The molecule has 0 spiro atoms. The van der Waals surface area contributed by atoms with Crippen molar-refractivity contribution in [3.8, 4) is 0 Å². The predicted octanol–water partition coefficient (Wildman–Crippen LogP) is 5.19. The number of carbonyl (C=O) groups excluding carboxylic acids is 1. The van der Waals surface area contributed by atoms with Crippen molar-refractivity contribution in [2.75, 3.05) is 5.75 Å². The van der Waals surface area contributed by atoms with Crippen molar-refractivity contribution in [1.29, 1.82) is 0 Å². The number of hydrogen-bond acceptors (Lipinski definition) is 3. The molecule has 1 atom stereocenters. The Labute approximate surface area is 155 Å². The van der Waals surface area contributed by atoms with Gasteiger partial charge in [-0.15, -0.1) is 23.1 Å². The van der Waals surface area contributed by atoms with E-state index in [0.717, 1.165) is 15.3 Å². The summed E-state index contributed by atoms with van der Waals surface area (Å²) in [4.78, 5) is 14.5. The number of amides is 1. The minimum atomic E-state index is -0.282. The van der Waals surface area contributed by atoms with E-state index in [-0.39, 0.29) is 17.8 Å².